The van der Waals surface area contributed by atoms with Crippen LogP contribution in [0.1, 0.15) is 31.4 Å². The minimum Gasteiger partial charge on any atom is -0.497 e. The summed E-state index contributed by atoms with van der Waals surface area (Å²) in [4.78, 5) is 29.0. The zero-order valence-electron chi connectivity index (χ0n) is 23.2. The standard InChI is InChI=1S/C30H36FN3O5S/c1-5-22(2)32-30(36)28(18-23-10-7-6-8-11-23)33(20-24-14-16-25(31)17-15-24)29(35)21-34(40(4,37)38)26-12-9-13-27(19-26)39-3/h6-17,19,22,28H,5,18,20-21H2,1-4H3,(H,32,36)/t22-,28-/m1/s1. The van der Waals surface area contributed by atoms with Crippen LogP contribution in [0.4, 0.5) is 10.1 Å². The fourth-order valence-corrected chi connectivity index (χ4v) is 5.00. The third-order valence-electron chi connectivity index (χ3n) is 6.56. The van der Waals surface area contributed by atoms with E-state index in [1.165, 1.54) is 42.3 Å². The van der Waals surface area contributed by atoms with Gasteiger partial charge >= 0.3 is 0 Å². The molecule has 0 bridgehead atoms. The number of methoxy groups -OCH3 is 1. The summed E-state index contributed by atoms with van der Waals surface area (Å²) in [7, 11) is -2.44. The molecule has 0 saturated heterocycles. The van der Waals surface area contributed by atoms with Gasteiger partial charge in [0.15, 0.2) is 0 Å². The highest BCUT2D eigenvalue weighted by Crippen LogP contribution is 2.24. The lowest BCUT2D eigenvalue weighted by molar-refractivity contribution is -0.140. The molecule has 0 radical (unpaired) electrons. The van der Waals surface area contributed by atoms with Gasteiger partial charge < -0.3 is 15.0 Å². The van der Waals surface area contributed by atoms with Gasteiger partial charge in [0, 0.05) is 25.1 Å². The van der Waals surface area contributed by atoms with Crippen LogP contribution in [0.3, 0.4) is 0 Å². The summed E-state index contributed by atoms with van der Waals surface area (Å²) in [6.45, 7) is 3.24. The molecule has 40 heavy (non-hydrogen) atoms. The Morgan fingerprint density at radius 1 is 0.975 bits per heavy atom. The Balaban J connectivity index is 2.06. The van der Waals surface area contributed by atoms with Crippen LogP contribution in [-0.4, -0.2) is 57.1 Å². The fourth-order valence-electron chi connectivity index (χ4n) is 4.16. The van der Waals surface area contributed by atoms with Crippen LogP contribution >= 0.6 is 0 Å². The van der Waals surface area contributed by atoms with E-state index in [1.54, 1.807) is 18.2 Å². The number of hydrogen-bond acceptors (Lipinski definition) is 5. The fraction of sp³-hybridized carbons (Fsp3) is 0.333. The summed E-state index contributed by atoms with van der Waals surface area (Å²) in [5.41, 5.74) is 1.67. The van der Waals surface area contributed by atoms with E-state index in [9.17, 15) is 22.4 Å². The molecule has 1 N–H and O–H groups in total. The summed E-state index contributed by atoms with van der Waals surface area (Å²) >= 11 is 0. The highest BCUT2D eigenvalue weighted by Gasteiger charge is 2.33. The van der Waals surface area contributed by atoms with E-state index in [0.717, 1.165) is 16.1 Å². The topological polar surface area (TPSA) is 96.0 Å². The SMILES string of the molecule is CC[C@@H](C)NC(=O)[C@@H](Cc1ccccc1)N(Cc1ccc(F)cc1)C(=O)CN(c1cccc(OC)c1)S(C)(=O)=O. The largest absolute Gasteiger partial charge is 0.497 e. The van der Waals surface area contributed by atoms with Gasteiger partial charge in [-0.1, -0.05) is 55.5 Å². The van der Waals surface area contributed by atoms with E-state index in [-0.39, 0.29) is 30.6 Å². The van der Waals surface area contributed by atoms with Crippen LogP contribution in [0.25, 0.3) is 0 Å². The number of anilines is 1. The number of carbonyl (C=O) groups excluding carboxylic acids is 2. The molecule has 0 aliphatic heterocycles. The Kier molecular flexibility index (Phi) is 10.7. The second-order valence-electron chi connectivity index (χ2n) is 9.64. The number of ether oxygens (including phenoxy) is 1. The summed E-state index contributed by atoms with van der Waals surface area (Å²) in [5, 5.41) is 2.97. The predicted octanol–water partition coefficient (Wildman–Crippen LogP) is 4.16. The number of carbonyl (C=O) groups is 2. The first-order chi connectivity index (χ1) is 19.0. The number of rotatable bonds is 13. The van der Waals surface area contributed by atoms with Crippen molar-refractivity contribution in [2.24, 2.45) is 0 Å². The molecule has 0 aliphatic carbocycles. The molecule has 0 heterocycles. The van der Waals surface area contributed by atoms with Gasteiger partial charge in [0.1, 0.15) is 24.2 Å². The van der Waals surface area contributed by atoms with Crippen molar-refractivity contribution >= 4 is 27.5 Å². The summed E-state index contributed by atoms with van der Waals surface area (Å²) in [6, 6.07) is 20.2. The average molecular weight is 570 g/mol. The van der Waals surface area contributed by atoms with Crippen molar-refractivity contribution in [3.63, 3.8) is 0 Å². The van der Waals surface area contributed by atoms with Crippen molar-refractivity contribution < 1.29 is 27.1 Å². The number of hydrogen-bond donors (Lipinski definition) is 1. The number of benzene rings is 3. The van der Waals surface area contributed by atoms with Crippen LogP contribution < -0.4 is 14.4 Å². The first-order valence-electron chi connectivity index (χ1n) is 13.0. The van der Waals surface area contributed by atoms with Crippen molar-refractivity contribution in [2.75, 3.05) is 24.2 Å². The predicted molar refractivity (Wildman–Crippen MR) is 154 cm³/mol. The summed E-state index contributed by atoms with van der Waals surface area (Å²) in [6.07, 6.45) is 1.91. The van der Waals surface area contributed by atoms with Crippen molar-refractivity contribution in [3.05, 3.63) is 95.8 Å². The van der Waals surface area contributed by atoms with E-state index >= 15 is 0 Å². The maximum absolute atomic E-state index is 14.0. The molecule has 0 aromatic heterocycles. The molecule has 0 spiro atoms. The van der Waals surface area contributed by atoms with E-state index in [4.69, 9.17) is 4.74 Å². The Hall–Kier alpha value is -3.92. The number of amides is 2. The highest BCUT2D eigenvalue weighted by atomic mass is 32.2. The molecule has 8 nitrogen and oxygen atoms in total. The molecular weight excluding hydrogens is 533 g/mol. The zero-order valence-corrected chi connectivity index (χ0v) is 24.0. The van der Waals surface area contributed by atoms with Gasteiger partial charge in [0.25, 0.3) is 0 Å². The van der Waals surface area contributed by atoms with Crippen molar-refractivity contribution in [1.29, 1.82) is 0 Å². The van der Waals surface area contributed by atoms with Gasteiger partial charge in [-0.3, -0.25) is 13.9 Å². The second kappa shape index (κ2) is 13.9. The maximum Gasteiger partial charge on any atom is 0.244 e. The number of nitrogens with one attached hydrogen (secondary N) is 1. The Morgan fingerprint density at radius 3 is 2.25 bits per heavy atom. The molecule has 2 amide bonds. The number of sulfonamides is 1. The lowest BCUT2D eigenvalue weighted by atomic mass is 10.0. The third-order valence-corrected chi connectivity index (χ3v) is 7.70. The Labute approximate surface area is 235 Å². The normalized spacial score (nSPS) is 12.7. The van der Waals surface area contributed by atoms with Gasteiger partial charge in [0.05, 0.1) is 19.1 Å². The van der Waals surface area contributed by atoms with Crippen LogP contribution in [0.15, 0.2) is 78.9 Å². The van der Waals surface area contributed by atoms with Crippen molar-refractivity contribution in [1.82, 2.24) is 10.2 Å². The quantitative estimate of drug-likeness (QED) is 0.334. The van der Waals surface area contributed by atoms with Gasteiger partial charge in [-0.25, -0.2) is 12.8 Å². The maximum atomic E-state index is 14.0. The lowest BCUT2D eigenvalue weighted by Crippen LogP contribution is -2.54. The average Bonchev–Trinajstić information content (AvgIpc) is 2.94. The monoisotopic (exact) mass is 569 g/mol. The minimum atomic E-state index is -3.90. The van der Waals surface area contributed by atoms with E-state index in [1.807, 2.05) is 44.2 Å². The zero-order chi connectivity index (χ0) is 29.3. The molecule has 2 atom stereocenters. The highest BCUT2D eigenvalue weighted by molar-refractivity contribution is 7.92. The molecule has 0 fully saturated rings. The smallest absolute Gasteiger partial charge is 0.244 e. The lowest BCUT2D eigenvalue weighted by Gasteiger charge is -2.34. The van der Waals surface area contributed by atoms with Crippen LogP contribution in [0.2, 0.25) is 0 Å². The number of halogens is 1. The van der Waals surface area contributed by atoms with Gasteiger partial charge in [-0.05, 0) is 48.7 Å². The molecule has 0 saturated carbocycles. The summed E-state index contributed by atoms with van der Waals surface area (Å²) < 4.78 is 45.6. The molecule has 3 aromatic carbocycles. The third kappa shape index (κ3) is 8.54. The van der Waals surface area contributed by atoms with Gasteiger partial charge in [-0.2, -0.15) is 0 Å². The van der Waals surface area contributed by atoms with Crippen LogP contribution in [-0.2, 0) is 32.6 Å². The first-order valence-corrected chi connectivity index (χ1v) is 14.9. The van der Waals surface area contributed by atoms with Gasteiger partial charge in [-0.15, -0.1) is 0 Å². The van der Waals surface area contributed by atoms with Gasteiger partial charge in [0.2, 0.25) is 21.8 Å². The van der Waals surface area contributed by atoms with E-state index in [2.05, 4.69) is 5.32 Å². The Bertz CT molecular complexity index is 1380. The van der Waals surface area contributed by atoms with Crippen LogP contribution in [0.5, 0.6) is 5.75 Å². The Morgan fingerprint density at radius 2 is 1.65 bits per heavy atom. The molecule has 0 unspecified atom stereocenters. The molecule has 10 heteroatoms. The van der Waals surface area contributed by atoms with E-state index < -0.39 is 34.3 Å². The molecule has 214 valence electrons. The van der Waals surface area contributed by atoms with Crippen molar-refractivity contribution in [2.45, 2.75) is 45.3 Å². The van der Waals surface area contributed by atoms with E-state index in [0.29, 0.717) is 17.7 Å². The molecular formula is C30H36FN3O5S. The van der Waals surface area contributed by atoms with Crippen LogP contribution in [0, 0.1) is 5.82 Å². The summed E-state index contributed by atoms with van der Waals surface area (Å²) in [5.74, 6) is -0.950. The number of nitrogens with zero attached hydrogens (tertiary/aromatic N) is 2. The molecule has 0 aliphatic rings. The second-order valence-corrected chi connectivity index (χ2v) is 11.5. The molecule has 3 rings (SSSR count). The molecule has 3 aromatic rings. The minimum absolute atomic E-state index is 0.0275. The first kappa shape index (κ1) is 30.6. The van der Waals surface area contributed by atoms with Crippen molar-refractivity contribution in [3.8, 4) is 5.75 Å².